The number of likely N-dealkylation sites (N-methyl/N-ethyl adjacent to an activating group) is 1. The fourth-order valence-corrected chi connectivity index (χ4v) is 3.38. The Hall–Kier alpha value is -3.06. The Morgan fingerprint density at radius 1 is 1.22 bits per heavy atom. The zero-order valence-electron chi connectivity index (χ0n) is 15.0. The predicted octanol–water partition coefficient (Wildman–Crippen LogP) is 3.09. The van der Waals surface area contributed by atoms with Gasteiger partial charge in [0.25, 0.3) is 11.8 Å². The number of primary amides is 1. The molecule has 1 saturated heterocycles. The number of nitrogens with zero attached hydrogens (tertiary/aromatic N) is 2. The second-order valence-electron chi connectivity index (χ2n) is 6.00. The van der Waals surface area contributed by atoms with Crippen LogP contribution in [0, 0.1) is 6.92 Å². The summed E-state index contributed by atoms with van der Waals surface area (Å²) in [6, 6.07) is 14.9. The van der Waals surface area contributed by atoms with Gasteiger partial charge in [0, 0.05) is 12.6 Å². The van der Waals surface area contributed by atoms with E-state index in [9.17, 15) is 9.59 Å². The molecule has 0 unspecified atom stereocenters. The number of hydrogen-bond acceptors (Lipinski definition) is 5. The van der Waals surface area contributed by atoms with E-state index in [4.69, 9.17) is 10.5 Å². The average molecular weight is 381 g/mol. The van der Waals surface area contributed by atoms with E-state index in [-0.39, 0.29) is 12.5 Å². The Labute approximate surface area is 161 Å². The van der Waals surface area contributed by atoms with Crippen molar-refractivity contribution in [1.29, 1.82) is 0 Å². The standard InChI is InChI=1S/C20H19N3O3S/c1-13-7-9-15(10-8-13)22-20-23(2)19(25)17(27-20)11-14-5-3-4-6-16(14)26-12-18(21)24/h3-11H,12H2,1-2H3,(H2,21,24)/b17-11+,22-20?. The normalized spacial score (nSPS) is 17.0. The van der Waals surface area contributed by atoms with Crippen molar-refractivity contribution in [3.05, 3.63) is 64.6 Å². The van der Waals surface area contributed by atoms with Gasteiger partial charge in [-0.1, -0.05) is 35.9 Å². The molecular formula is C20H19N3O3S. The summed E-state index contributed by atoms with van der Waals surface area (Å²) >= 11 is 1.29. The number of hydrogen-bond donors (Lipinski definition) is 1. The highest BCUT2D eigenvalue weighted by Gasteiger charge is 2.30. The molecule has 0 aromatic heterocycles. The Morgan fingerprint density at radius 2 is 1.93 bits per heavy atom. The van der Waals surface area contributed by atoms with Crippen LogP contribution < -0.4 is 10.5 Å². The number of amides is 2. The van der Waals surface area contributed by atoms with Gasteiger partial charge in [0.05, 0.1) is 10.6 Å². The maximum atomic E-state index is 12.6. The maximum absolute atomic E-state index is 12.6. The Kier molecular flexibility index (Phi) is 5.61. The Morgan fingerprint density at radius 3 is 2.63 bits per heavy atom. The lowest BCUT2D eigenvalue weighted by molar-refractivity contribution is -0.121. The molecule has 1 aliphatic heterocycles. The summed E-state index contributed by atoms with van der Waals surface area (Å²) in [7, 11) is 1.69. The SMILES string of the molecule is Cc1ccc(N=C2S/C(=C/c3ccccc3OCC(N)=O)C(=O)N2C)cc1. The molecule has 1 aliphatic rings. The summed E-state index contributed by atoms with van der Waals surface area (Å²) in [6.07, 6.45) is 1.73. The number of thioether (sulfide) groups is 1. The van der Waals surface area contributed by atoms with Crippen molar-refractivity contribution in [2.24, 2.45) is 10.7 Å². The molecule has 2 N–H and O–H groups in total. The fourth-order valence-electron chi connectivity index (χ4n) is 2.40. The third-order valence-corrected chi connectivity index (χ3v) is 4.90. The van der Waals surface area contributed by atoms with Gasteiger partial charge in [0.1, 0.15) is 5.75 Å². The molecule has 0 aliphatic carbocycles. The van der Waals surface area contributed by atoms with E-state index in [0.717, 1.165) is 11.3 Å². The van der Waals surface area contributed by atoms with E-state index >= 15 is 0 Å². The van der Waals surface area contributed by atoms with E-state index < -0.39 is 5.91 Å². The third-order valence-electron chi connectivity index (χ3n) is 3.84. The van der Waals surface area contributed by atoms with Gasteiger partial charge in [-0.2, -0.15) is 0 Å². The molecule has 0 saturated carbocycles. The van der Waals surface area contributed by atoms with Crippen LogP contribution in [0.1, 0.15) is 11.1 Å². The number of aliphatic imine (C=N–C) groups is 1. The number of amidine groups is 1. The van der Waals surface area contributed by atoms with E-state index in [1.807, 2.05) is 43.3 Å². The molecule has 0 bridgehead atoms. The van der Waals surface area contributed by atoms with Crippen LogP contribution in [0.2, 0.25) is 0 Å². The van der Waals surface area contributed by atoms with Crippen LogP contribution >= 0.6 is 11.8 Å². The lowest BCUT2D eigenvalue weighted by Gasteiger charge is -2.08. The summed E-state index contributed by atoms with van der Waals surface area (Å²) in [5, 5.41) is 0.602. The van der Waals surface area contributed by atoms with Gasteiger partial charge >= 0.3 is 0 Å². The van der Waals surface area contributed by atoms with Crippen LogP contribution in [0.3, 0.4) is 0 Å². The van der Waals surface area contributed by atoms with Crippen LogP contribution in [0.4, 0.5) is 5.69 Å². The minimum Gasteiger partial charge on any atom is -0.483 e. The van der Waals surface area contributed by atoms with E-state index in [1.165, 1.54) is 16.7 Å². The van der Waals surface area contributed by atoms with Crippen LogP contribution in [-0.2, 0) is 9.59 Å². The molecule has 2 aromatic carbocycles. The fraction of sp³-hybridized carbons (Fsp3) is 0.150. The summed E-state index contributed by atoms with van der Waals surface area (Å²) < 4.78 is 5.42. The number of carbonyl (C=O) groups excluding carboxylic acids is 2. The van der Waals surface area contributed by atoms with Crippen LogP contribution in [0.15, 0.2) is 58.4 Å². The van der Waals surface area contributed by atoms with Crippen LogP contribution in [0.25, 0.3) is 6.08 Å². The molecule has 2 aromatic rings. The van der Waals surface area contributed by atoms with Gasteiger partial charge < -0.3 is 10.5 Å². The smallest absolute Gasteiger partial charge is 0.266 e. The molecule has 3 rings (SSSR count). The highest BCUT2D eigenvalue weighted by Crippen LogP contribution is 2.34. The van der Waals surface area contributed by atoms with Crippen molar-refractivity contribution in [3.63, 3.8) is 0 Å². The van der Waals surface area contributed by atoms with Crippen molar-refractivity contribution < 1.29 is 14.3 Å². The summed E-state index contributed by atoms with van der Waals surface area (Å²) in [4.78, 5) is 30.1. The van der Waals surface area contributed by atoms with Crippen LogP contribution in [0.5, 0.6) is 5.75 Å². The molecule has 27 heavy (non-hydrogen) atoms. The average Bonchev–Trinajstić information content (AvgIpc) is 2.91. The van der Waals surface area contributed by atoms with Gasteiger partial charge in [-0.25, -0.2) is 4.99 Å². The summed E-state index contributed by atoms with van der Waals surface area (Å²) in [5.41, 5.74) is 7.76. The van der Waals surface area contributed by atoms with Crippen molar-refractivity contribution >= 4 is 40.5 Å². The zero-order valence-corrected chi connectivity index (χ0v) is 15.8. The van der Waals surface area contributed by atoms with Gasteiger partial charge in [-0.3, -0.25) is 14.5 Å². The third kappa shape index (κ3) is 4.57. The van der Waals surface area contributed by atoms with Crippen molar-refractivity contribution in [2.75, 3.05) is 13.7 Å². The number of nitrogens with two attached hydrogens (primary N) is 1. The van der Waals surface area contributed by atoms with Gasteiger partial charge in [-0.15, -0.1) is 0 Å². The topological polar surface area (TPSA) is 85.0 Å². The number of para-hydroxylation sites is 1. The quantitative estimate of drug-likeness (QED) is 0.807. The van der Waals surface area contributed by atoms with Gasteiger partial charge in [0.2, 0.25) is 0 Å². The second kappa shape index (κ2) is 8.09. The van der Waals surface area contributed by atoms with Gasteiger partial charge in [-0.05, 0) is 43.0 Å². The number of aryl methyl sites for hydroxylation is 1. The molecular weight excluding hydrogens is 362 g/mol. The second-order valence-corrected chi connectivity index (χ2v) is 7.01. The van der Waals surface area contributed by atoms with Crippen molar-refractivity contribution in [2.45, 2.75) is 6.92 Å². The highest BCUT2D eigenvalue weighted by molar-refractivity contribution is 8.18. The number of rotatable bonds is 5. The number of ether oxygens (including phenoxy) is 1. The summed E-state index contributed by atoms with van der Waals surface area (Å²) in [6.45, 7) is 1.79. The lowest BCUT2D eigenvalue weighted by Crippen LogP contribution is -2.23. The monoisotopic (exact) mass is 381 g/mol. The molecule has 2 amide bonds. The molecule has 0 atom stereocenters. The first-order chi connectivity index (χ1) is 12.9. The molecule has 1 fully saturated rings. The van der Waals surface area contributed by atoms with Crippen LogP contribution in [-0.4, -0.2) is 35.5 Å². The predicted molar refractivity (Wildman–Crippen MR) is 108 cm³/mol. The molecule has 0 radical (unpaired) electrons. The molecule has 6 nitrogen and oxygen atoms in total. The molecule has 138 valence electrons. The first-order valence-electron chi connectivity index (χ1n) is 8.27. The summed E-state index contributed by atoms with van der Waals surface area (Å²) in [5.74, 6) is -0.213. The van der Waals surface area contributed by atoms with E-state index in [2.05, 4.69) is 4.99 Å². The minimum atomic E-state index is -0.559. The zero-order chi connectivity index (χ0) is 19.4. The van der Waals surface area contributed by atoms with E-state index in [1.54, 1.807) is 25.3 Å². The van der Waals surface area contributed by atoms with E-state index in [0.29, 0.717) is 21.4 Å². The first kappa shape index (κ1) is 18.7. The molecule has 0 spiro atoms. The van der Waals surface area contributed by atoms with Crippen molar-refractivity contribution in [1.82, 2.24) is 4.90 Å². The lowest BCUT2D eigenvalue weighted by atomic mass is 10.2. The largest absolute Gasteiger partial charge is 0.483 e. The first-order valence-corrected chi connectivity index (χ1v) is 9.09. The number of benzene rings is 2. The highest BCUT2D eigenvalue weighted by atomic mass is 32.2. The Bertz CT molecular complexity index is 936. The Balaban J connectivity index is 1.87. The maximum Gasteiger partial charge on any atom is 0.266 e. The molecule has 1 heterocycles. The minimum absolute atomic E-state index is 0.143. The molecule has 7 heteroatoms. The van der Waals surface area contributed by atoms with Crippen molar-refractivity contribution in [3.8, 4) is 5.75 Å². The van der Waals surface area contributed by atoms with Gasteiger partial charge in [0.15, 0.2) is 11.8 Å². The number of carbonyl (C=O) groups is 2.